The van der Waals surface area contributed by atoms with E-state index in [0.717, 1.165) is 10.0 Å². The molecule has 1 heterocycles. The molecule has 0 fully saturated rings. The molecule has 0 aliphatic carbocycles. The molecule has 2 aromatic rings. The number of aromatic nitrogens is 4. The van der Waals surface area contributed by atoms with Crippen LogP contribution in [0, 0.1) is 5.41 Å². The van der Waals surface area contributed by atoms with Gasteiger partial charge < -0.3 is 0 Å². The van der Waals surface area contributed by atoms with Crippen LogP contribution in [0.25, 0.3) is 11.4 Å². The van der Waals surface area contributed by atoms with Gasteiger partial charge in [-0.25, -0.2) is 0 Å². The van der Waals surface area contributed by atoms with Crippen LogP contribution in [-0.2, 0) is 11.3 Å². The number of nitrogens with zero attached hydrogens (tertiary/aromatic N) is 4. The SMILES string of the molecule is CC(C)(C)C(=O)Cn1nnc(-c2ccc(Br)cc2)n1. The van der Waals surface area contributed by atoms with Crippen LogP contribution in [0.4, 0.5) is 0 Å². The van der Waals surface area contributed by atoms with Crippen LogP contribution in [0.2, 0.25) is 0 Å². The van der Waals surface area contributed by atoms with E-state index in [1.54, 1.807) is 0 Å². The van der Waals surface area contributed by atoms with Crippen molar-refractivity contribution in [1.82, 2.24) is 20.2 Å². The van der Waals surface area contributed by atoms with Gasteiger partial charge in [-0.3, -0.25) is 4.79 Å². The molecular weight excluding hydrogens is 308 g/mol. The minimum Gasteiger partial charge on any atom is -0.297 e. The van der Waals surface area contributed by atoms with Gasteiger partial charge in [0.25, 0.3) is 0 Å². The zero-order valence-electron chi connectivity index (χ0n) is 11.1. The summed E-state index contributed by atoms with van der Waals surface area (Å²) in [5, 5.41) is 12.1. The van der Waals surface area contributed by atoms with E-state index in [1.165, 1.54) is 4.80 Å². The van der Waals surface area contributed by atoms with Gasteiger partial charge in [0, 0.05) is 15.5 Å². The summed E-state index contributed by atoms with van der Waals surface area (Å²) < 4.78 is 0.992. The molecule has 0 bridgehead atoms. The number of Topliss-reactive ketones (excluding diaryl/α,β-unsaturated/α-hetero) is 1. The van der Waals surface area contributed by atoms with Gasteiger partial charge in [0.05, 0.1) is 0 Å². The van der Waals surface area contributed by atoms with E-state index in [0.29, 0.717) is 5.82 Å². The van der Waals surface area contributed by atoms with E-state index < -0.39 is 5.41 Å². The minimum atomic E-state index is -0.397. The lowest BCUT2D eigenvalue weighted by molar-refractivity contribution is -0.127. The zero-order valence-corrected chi connectivity index (χ0v) is 12.7. The number of hydrogen-bond donors (Lipinski definition) is 0. The second kappa shape index (κ2) is 5.21. The van der Waals surface area contributed by atoms with Gasteiger partial charge in [-0.2, -0.15) is 4.80 Å². The highest BCUT2D eigenvalue weighted by molar-refractivity contribution is 9.10. The average Bonchev–Trinajstić information content (AvgIpc) is 2.77. The van der Waals surface area contributed by atoms with Crippen molar-refractivity contribution in [2.75, 3.05) is 0 Å². The van der Waals surface area contributed by atoms with Crippen molar-refractivity contribution in [3.63, 3.8) is 0 Å². The normalized spacial score (nSPS) is 11.6. The number of hydrogen-bond acceptors (Lipinski definition) is 4. The first-order valence-electron chi connectivity index (χ1n) is 5.93. The standard InChI is InChI=1S/C13H15BrN4O/c1-13(2,3)11(19)8-18-16-12(15-17-18)9-4-6-10(14)7-5-9/h4-7H,8H2,1-3H3. The molecule has 0 aliphatic heterocycles. The first-order chi connectivity index (χ1) is 8.86. The molecule has 0 N–H and O–H groups in total. The third-order valence-corrected chi connectivity index (χ3v) is 3.21. The molecule has 100 valence electrons. The summed E-state index contributed by atoms with van der Waals surface area (Å²) >= 11 is 3.37. The van der Waals surface area contributed by atoms with Gasteiger partial charge in [-0.15, -0.1) is 10.2 Å². The number of halogens is 1. The van der Waals surface area contributed by atoms with Crippen molar-refractivity contribution < 1.29 is 4.79 Å². The van der Waals surface area contributed by atoms with Crippen LogP contribution in [0.1, 0.15) is 20.8 Å². The van der Waals surface area contributed by atoms with E-state index in [-0.39, 0.29) is 12.3 Å². The Kier molecular flexibility index (Phi) is 3.80. The first kappa shape index (κ1) is 13.9. The average molecular weight is 323 g/mol. The van der Waals surface area contributed by atoms with Gasteiger partial charge in [0.2, 0.25) is 5.82 Å². The van der Waals surface area contributed by atoms with E-state index in [2.05, 4.69) is 31.3 Å². The fourth-order valence-corrected chi connectivity index (χ4v) is 1.65. The molecule has 5 nitrogen and oxygen atoms in total. The van der Waals surface area contributed by atoms with E-state index >= 15 is 0 Å². The highest BCUT2D eigenvalue weighted by atomic mass is 79.9. The van der Waals surface area contributed by atoms with Crippen molar-refractivity contribution in [3.8, 4) is 11.4 Å². The molecule has 0 saturated carbocycles. The van der Waals surface area contributed by atoms with Gasteiger partial charge >= 0.3 is 0 Å². The lowest BCUT2D eigenvalue weighted by atomic mass is 9.91. The molecule has 0 spiro atoms. The quantitative estimate of drug-likeness (QED) is 0.871. The van der Waals surface area contributed by atoms with Crippen molar-refractivity contribution >= 4 is 21.7 Å². The Labute approximate surface area is 120 Å². The monoisotopic (exact) mass is 322 g/mol. The Morgan fingerprint density at radius 1 is 1.26 bits per heavy atom. The molecular formula is C13H15BrN4O. The summed E-state index contributed by atoms with van der Waals surface area (Å²) in [6, 6.07) is 7.63. The number of rotatable bonds is 3. The number of carbonyl (C=O) groups is 1. The number of ketones is 1. The van der Waals surface area contributed by atoms with Crippen molar-refractivity contribution in [2.24, 2.45) is 5.41 Å². The third-order valence-electron chi connectivity index (χ3n) is 2.68. The van der Waals surface area contributed by atoms with E-state index in [1.807, 2.05) is 45.0 Å². The predicted octanol–water partition coefficient (Wildman–Crippen LogP) is 2.72. The summed E-state index contributed by atoms with van der Waals surface area (Å²) in [6.45, 7) is 5.78. The van der Waals surface area contributed by atoms with Gasteiger partial charge in [0.15, 0.2) is 5.78 Å². The lowest BCUT2D eigenvalue weighted by Gasteiger charge is -2.15. The van der Waals surface area contributed by atoms with Crippen LogP contribution in [0.5, 0.6) is 0 Å². The molecule has 19 heavy (non-hydrogen) atoms. The maximum atomic E-state index is 11.9. The largest absolute Gasteiger partial charge is 0.297 e. The fraction of sp³-hybridized carbons (Fsp3) is 0.385. The number of tetrazole rings is 1. The van der Waals surface area contributed by atoms with Gasteiger partial charge in [-0.1, -0.05) is 36.7 Å². The summed E-state index contributed by atoms with van der Waals surface area (Å²) in [7, 11) is 0. The number of benzene rings is 1. The van der Waals surface area contributed by atoms with Crippen molar-refractivity contribution in [2.45, 2.75) is 27.3 Å². The first-order valence-corrected chi connectivity index (χ1v) is 6.72. The summed E-state index contributed by atoms with van der Waals surface area (Å²) in [5.74, 6) is 0.599. The molecule has 0 aliphatic rings. The van der Waals surface area contributed by atoms with Crippen LogP contribution in [-0.4, -0.2) is 26.0 Å². The molecule has 0 radical (unpaired) electrons. The fourth-order valence-electron chi connectivity index (χ4n) is 1.39. The smallest absolute Gasteiger partial charge is 0.204 e. The maximum Gasteiger partial charge on any atom is 0.204 e. The third kappa shape index (κ3) is 3.47. The summed E-state index contributed by atoms with van der Waals surface area (Å²) in [6.07, 6.45) is 0. The van der Waals surface area contributed by atoms with Crippen LogP contribution in [0.3, 0.4) is 0 Å². The van der Waals surface area contributed by atoms with Crippen molar-refractivity contribution in [1.29, 1.82) is 0 Å². The predicted molar refractivity (Wildman–Crippen MR) is 75.4 cm³/mol. The highest BCUT2D eigenvalue weighted by Gasteiger charge is 2.22. The Morgan fingerprint density at radius 2 is 1.89 bits per heavy atom. The molecule has 2 rings (SSSR count). The molecule has 0 unspecified atom stereocenters. The van der Waals surface area contributed by atoms with Gasteiger partial charge in [0.1, 0.15) is 6.54 Å². The molecule has 0 saturated heterocycles. The Bertz CT molecular complexity index is 583. The molecule has 0 atom stereocenters. The Hall–Kier alpha value is -1.56. The molecule has 0 amide bonds. The van der Waals surface area contributed by atoms with E-state index in [9.17, 15) is 4.79 Å². The lowest BCUT2D eigenvalue weighted by Crippen LogP contribution is -2.26. The zero-order chi connectivity index (χ0) is 14.0. The van der Waals surface area contributed by atoms with Gasteiger partial charge in [-0.05, 0) is 29.5 Å². The van der Waals surface area contributed by atoms with Crippen LogP contribution >= 0.6 is 15.9 Å². The highest BCUT2D eigenvalue weighted by Crippen LogP contribution is 2.18. The molecule has 1 aromatic heterocycles. The Morgan fingerprint density at radius 3 is 2.47 bits per heavy atom. The molecule has 6 heteroatoms. The number of carbonyl (C=O) groups excluding carboxylic acids is 1. The van der Waals surface area contributed by atoms with E-state index in [4.69, 9.17) is 0 Å². The van der Waals surface area contributed by atoms with Crippen LogP contribution < -0.4 is 0 Å². The summed E-state index contributed by atoms with van der Waals surface area (Å²) in [4.78, 5) is 13.2. The summed E-state index contributed by atoms with van der Waals surface area (Å²) in [5.41, 5.74) is 0.475. The topological polar surface area (TPSA) is 60.7 Å². The Balaban J connectivity index is 2.16. The van der Waals surface area contributed by atoms with Crippen LogP contribution in [0.15, 0.2) is 28.7 Å². The maximum absolute atomic E-state index is 11.9. The van der Waals surface area contributed by atoms with Crippen molar-refractivity contribution in [3.05, 3.63) is 28.7 Å². The second-order valence-corrected chi connectivity index (χ2v) is 6.24. The molecule has 1 aromatic carbocycles. The second-order valence-electron chi connectivity index (χ2n) is 5.32. The minimum absolute atomic E-state index is 0.0762.